The molecular formula is C12H15F3O2. The van der Waals surface area contributed by atoms with E-state index >= 15 is 0 Å². The van der Waals surface area contributed by atoms with Crippen LogP contribution in [0.1, 0.15) is 25.3 Å². The largest absolute Gasteiger partial charge is 0.491 e. The normalized spacial score (nSPS) is 13.8. The molecule has 1 aromatic rings. The molecule has 0 saturated heterocycles. The molecule has 96 valence electrons. The molecule has 1 rings (SSSR count). The first-order valence-corrected chi connectivity index (χ1v) is 5.28. The Labute approximate surface area is 98.0 Å². The van der Waals surface area contributed by atoms with Crippen LogP contribution in [0.25, 0.3) is 0 Å². The standard InChI is InChI=1S/C12H15F3O2/c1-8(2)17-10-5-3-9(4-6-10)11(7-16)12(13,14)15/h3-6,8,11,16H,7H2,1-2H3. The molecule has 0 saturated carbocycles. The highest BCUT2D eigenvalue weighted by atomic mass is 19.4. The molecule has 2 nitrogen and oxygen atoms in total. The number of halogens is 3. The number of ether oxygens (including phenoxy) is 1. The third-order valence-electron chi connectivity index (χ3n) is 2.23. The predicted molar refractivity (Wildman–Crippen MR) is 58.1 cm³/mol. The Morgan fingerprint density at radius 1 is 1.18 bits per heavy atom. The monoisotopic (exact) mass is 248 g/mol. The first-order valence-electron chi connectivity index (χ1n) is 5.28. The van der Waals surface area contributed by atoms with Gasteiger partial charge in [-0.2, -0.15) is 13.2 Å². The Morgan fingerprint density at radius 2 is 1.71 bits per heavy atom. The Balaban J connectivity index is 2.86. The van der Waals surface area contributed by atoms with Crippen molar-refractivity contribution in [3.8, 4) is 5.75 Å². The Hall–Kier alpha value is -1.23. The lowest BCUT2D eigenvalue weighted by atomic mass is 9.99. The van der Waals surface area contributed by atoms with E-state index in [-0.39, 0.29) is 11.7 Å². The van der Waals surface area contributed by atoms with E-state index in [0.29, 0.717) is 5.75 Å². The lowest BCUT2D eigenvalue weighted by Crippen LogP contribution is -2.23. The minimum atomic E-state index is -4.44. The molecule has 0 fully saturated rings. The number of hydrogen-bond acceptors (Lipinski definition) is 2. The van der Waals surface area contributed by atoms with Gasteiger partial charge in [-0.05, 0) is 31.5 Å². The second-order valence-electron chi connectivity index (χ2n) is 4.01. The quantitative estimate of drug-likeness (QED) is 0.887. The number of alkyl halides is 3. The van der Waals surface area contributed by atoms with E-state index in [1.54, 1.807) is 0 Å². The van der Waals surface area contributed by atoms with Crippen molar-refractivity contribution in [3.05, 3.63) is 29.8 Å². The SMILES string of the molecule is CC(C)Oc1ccc(C(CO)C(F)(F)F)cc1. The summed E-state index contributed by atoms with van der Waals surface area (Å²) in [6.07, 6.45) is -4.47. The summed E-state index contributed by atoms with van der Waals surface area (Å²) in [6.45, 7) is 2.72. The van der Waals surface area contributed by atoms with Crippen molar-refractivity contribution >= 4 is 0 Å². The second-order valence-corrected chi connectivity index (χ2v) is 4.01. The number of rotatable bonds is 4. The fraction of sp³-hybridized carbons (Fsp3) is 0.500. The van der Waals surface area contributed by atoms with Gasteiger partial charge in [0.05, 0.1) is 12.7 Å². The summed E-state index contributed by atoms with van der Waals surface area (Å²) in [7, 11) is 0. The van der Waals surface area contributed by atoms with Crippen LogP contribution in [0.5, 0.6) is 5.75 Å². The van der Waals surface area contributed by atoms with Gasteiger partial charge in [-0.3, -0.25) is 0 Å². The van der Waals surface area contributed by atoms with Crippen LogP contribution >= 0.6 is 0 Å². The molecule has 1 unspecified atom stereocenters. The first kappa shape index (κ1) is 13.8. The van der Waals surface area contributed by atoms with Crippen LogP contribution in [0.3, 0.4) is 0 Å². The average molecular weight is 248 g/mol. The Kier molecular flexibility index (Phi) is 4.40. The molecule has 0 amide bonds. The Bertz CT molecular complexity index is 344. The highest BCUT2D eigenvalue weighted by molar-refractivity contribution is 5.30. The van der Waals surface area contributed by atoms with E-state index in [1.165, 1.54) is 24.3 Å². The zero-order valence-electron chi connectivity index (χ0n) is 9.66. The molecule has 0 spiro atoms. The molecule has 0 heterocycles. The van der Waals surface area contributed by atoms with Gasteiger partial charge in [0, 0.05) is 0 Å². The van der Waals surface area contributed by atoms with Gasteiger partial charge in [-0.15, -0.1) is 0 Å². The molecule has 1 atom stereocenters. The number of aliphatic hydroxyl groups is 1. The highest BCUT2D eigenvalue weighted by Crippen LogP contribution is 2.34. The van der Waals surface area contributed by atoms with Crippen molar-refractivity contribution in [1.29, 1.82) is 0 Å². The van der Waals surface area contributed by atoms with Crippen LogP contribution < -0.4 is 4.74 Å². The third-order valence-corrected chi connectivity index (χ3v) is 2.23. The number of hydrogen-bond donors (Lipinski definition) is 1. The van der Waals surface area contributed by atoms with Gasteiger partial charge in [0.1, 0.15) is 11.7 Å². The fourth-order valence-electron chi connectivity index (χ4n) is 1.45. The summed E-state index contributed by atoms with van der Waals surface area (Å²) >= 11 is 0. The zero-order chi connectivity index (χ0) is 13.1. The van der Waals surface area contributed by atoms with Crippen LogP contribution in [0, 0.1) is 0 Å². The summed E-state index contributed by atoms with van der Waals surface area (Å²) in [4.78, 5) is 0. The molecule has 0 radical (unpaired) electrons. The van der Waals surface area contributed by atoms with Crippen LogP contribution in [0.2, 0.25) is 0 Å². The van der Waals surface area contributed by atoms with Crippen LogP contribution in [-0.4, -0.2) is 24.0 Å². The van der Waals surface area contributed by atoms with Gasteiger partial charge in [-0.25, -0.2) is 0 Å². The molecule has 0 aromatic heterocycles. The van der Waals surface area contributed by atoms with Crippen LogP contribution in [0.15, 0.2) is 24.3 Å². The summed E-state index contributed by atoms with van der Waals surface area (Å²) in [5.74, 6) is -1.32. The smallest absolute Gasteiger partial charge is 0.397 e. The molecule has 1 N–H and O–H groups in total. The van der Waals surface area contributed by atoms with Crippen molar-refractivity contribution in [2.24, 2.45) is 0 Å². The Morgan fingerprint density at radius 3 is 2.06 bits per heavy atom. The molecule has 0 aliphatic rings. The summed E-state index contributed by atoms with van der Waals surface area (Å²) in [6, 6.07) is 5.60. The van der Waals surface area contributed by atoms with Gasteiger partial charge in [-0.1, -0.05) is 12.1 Å². The van der Waals surface area contributed by atoms with E-state index in [9.17, 15) is 13.2 Å². The maximum Gasteiger partial charge on any atom is 0.397 e. The van der Waals surface area contributed by atoms with Crippen LogP contribution in [0.4, 0.5) is 13.2 Å². The molecule has 1 aromatic carbocycles. The maximum atomic E-state index is 12.5. The van der Waals surface area contributed by atoms with Crippen molar-refractivity contribution in [2.75, 3.05) is 6.61 Å². The molecule has 0 bridgehead atoms. The van der Waals surface area contributed by atoms with E-state index < -0.39 is 18.7 Å². The van der Waals surface area contributed by atoms with Gasteiger partial charge in [0.15, 0.2) is 0 Å². The van der Waals surface area contributed by atoms with Crippen molar-refractivity contribution in [2.45, 2.75) is 32.0 Å². The zero-order valence-corrected chi connectivity index (χ0v) is 9.66. The average Bonchev–Trinajstić information content (AvgIpc) is 2.18. The van der Waals surface area contributed by atoms with Gasteiger partial charge in [0.25, 0.3) is 0 Å². The lowest BCUT2D eigenvalue weighted by molar-refractivity contribution is -0.158. The first-order chi connectivity index (χ1) is 7.84. The summed E-state index contributed by atoms with van der Waals surface area (Å²) in [5.41, 5.74) is 0.0381. The molecule has 17 heavy (non-hydrogen) atoms. The topological polar surface area (TPSA) is 29.5 Å². The van der Waals surface area contributed by atoms with Crippen molar-refractivity contribution in [3.63, 3.8) is 0 Å². The van der Waals surface area contributed by atoms with Gasteiger partial charge < -0.3 is 9.84 Å². The lowest BCUT2D eigenvalue weighted by Gasteiger charge is -2.18. The molecule has 0 aliphatic carbocycles. The predicted octanol–water partition coefficient (Wildman–Crippen LogP) is 3.11. The molecule has 0 aliphatic heterocycles. The van der Waals surface area contributed by atoms with E-state index in [0.717, 1.165) is 0 Å². The van der Waals surface area contributed by atoms with E-state index in [2.05, 4.69) is 0 Å². The summed E-state index contributed by atoms with van der Waals surface area (Å²) in [5, 5.41) is 8.78. The van der Waals surface area contributed by atoms with E-state index in [4.69, 9.17) is 9.84 Å². The minimum Gasteiger partial charge on any atom is -0.491 e. The van der Waals surface area contributed by atoms with Gasteiger partial charge in [0.2, 0.25) is 0 Å². The minimum absolute atomic E-state index is 0.0305. The maximum absolute atomic E-state index is 12.5. The molecular weight excluding hydrogens is 233 g/mol. The van der Waals surface area contributed by atoms with Crippen molar-refractivity contribution in [1.82, 2.24) is 0 Å². The summed E-state index contributed by atoms with van der Waals surface area (Å²) < 4.78 is 42.9. The molecule has 5 heteroatoms. The van der Waals surface area contributed by atoms with Gasteiger partial charge >= 0.3 is 6.18 Å². The number of aliphatic hydroxyl groups excluding tert-OH is 1. The van der Waals surface area contributed by atoms with Crippen molar-refractivity contribution < 1.29 is 23.0 Å². The second kappa shape index (κ2) is 5.40. The van der Waals surface area contributed by atoms with E-state index in [1.807, 2.05) is 13.8 Å². The third kappa shape index (κ3) is 3.93. The fourth-order valence-corrected chi connectivity index (χ4v) is 1.45. The number of benzene rings is 1. The highest BCUT2D eigenvalue weighted by Gasteiger charge is 2.40. The van der Waals surface area contributed by atoms with Crippen LogP contribution in [-0.2, 0) is 0 Å².